The van der Waals surface area contributed by atoms with Crippen LogP contribution >= 0.6 is 0 Å². The Labute approximate surface area is 115 Å². The molecule has 0 aliphatic carbocycles. The van der Waals surface area contributed by atoms with E-state index in [1.807, 2.05) is 0 Å². The predicted octanol–water partition coefficient (Wildman–Crippen LogP) is 1.49. The number of ether oxygens (including phenoxy) is 1. The van der Waals surface area contributed by atoms with Crippen LogP contribution in [0.3, 0.4) is 0 Å². The van der Waals surface area contributed by atoms with Crippen molar-refractivity contribution in [3.05, 3.63) is 23.8 Å². The van der Waals surface area contributed by atoms with Gasteiger partial charge in [-0.1, -0.05) is 6.07 Å². The van der Waals surface area contributed by atoms with Gasteiger partial charge in [0.15, 0.2) is 0 Å². The van der Waals surface area contributed by atoms with Gasteiger partial charge in [0.2, 0.25) is 0 Å². The maximum atomic E-state index is 6.01. The van der Waals surface area contributed by atoms with Crippen molar-refractivity contribution < 1.29 is 4.74 Å². The first-order valence-electron chi connectivity index (χ1n) is 7.17. The highest BCUT2D eigenvalue weighted by atomic mass is 16.5. The van der Waals surface area contributed by atoms with Gasteiger partial charge in [-0.15, -0.1) is 0 Å². The van der Waals surface area contributed by atoms with Crippen molar-refractivity contribution in [2.45, 2.75) is 19.4 Å². The van der Waals surface area contributed by atoms with Crippen LogP contribution in [0.4, 0.5) is 11.4 Å². The van der Waals surface area contributed by atoms with Gasteiger partial charge in [0.05, 0.1) is 13.2 Å². The van der Waals surface area contributed by atoms with Gasteiger partial charge in [-0.2, -0.15) is 0 Å². The molecule has 0 radical (unpaired) electrons. The van der Waals surface area contributed by atoms with E-state index in [0.29, 0.717) is 6.04 Å². The number of nitrogen functional groups attached to an aromatic ring is 1. The Bertz CT molecular complexity index is 443. The second kappa shape index (κ2) is 5.39. The molecule has 4 heteroatoms. The monoisotopic (exact) mass is 261 g/mol. The Kier molecular flexibility index (Phi) is 3.62. The predicted molar refractivity (Wildman–Crippen MR) is 78.6 cm³/mol. The van der Waals surface area contributed by atoms with E-state index in [4.69, 9.17) is 10.5 Å². The number of nitrogens with zero attached hydrogens (tertiary/aromatic N) is 2. The average Bonchev–Trinajstić information content (AvgIpc) is 2.93. The van der Waals surface area contributed by atoms with Crippen molar-refractivity contribution >= 4 is 11.4 Å². The molecule has 1 aromatic rings. The fraction of sp³-hybridized carbons (Fsp3) is 0.600. The van der Waals surface area contributed by atoms with Gasteiger partial charge in [-0.25, -0.2) is 0 Å². The van der Waals surface area contributed by atoms with Crippen LogP contribution in [0.2, 0.25) is 0 Å². The van der Waals surface area contributed by atoms with Crippen molar-refractivity contribution in [1.82, 2.24) is 4.90 Å². The molecule has 4 nitrogen and oxygen atoms in total. The third kappa shape index (κ3) is 2.69. The fourth-order valence-electron chi connectivity index (χ4n) is 3.04. The van der Waals surface area contributed by atoms with Gasteiger partial charge in [-0.3, -0.25) is 4.90 Å². The number of nitrogens with two attached hydrogens (primary N) is 1. The largest absolute Gasteiger partial charge is 0.398 e. The zero-order valence-electron chi connectivity index (χ0n) is 11.6. The van der Waals surface area contributed by atoms with Crippen molar-refractivity contribution in [3.8, 4) is 0 Å². The van der Waals surface area contributed by atoms with Gasteiger partial charge in [0.25, 0.3) is 0 Å². The highest BCUT2D eigenvalue weighted by molar-refractivity contribution is 5.60. The minimum atomic E-state index is 0.673. The lowest BCUT2D eigenvalue weighted by atomic mass is 10.2. The van der Waals surface area contributed by atoms with Crippen LogP contribution in [0.25, 0.3) is 0 Å². The Morgan fingerprint density at radius 1 is 1.21 bits per heavy atom. The molecule has 0 bridgehead atoms. The highest BCUT2D eigenvalue weighted by Gasteiger charge is 2.28. The molecule has 0 saturated carbocycles. The Morgan fingerprint density at radius 3 is 2.74 bits per heavy atom. The lowest BCUT2D eigenvalue weighted by Crippen LogP contribution is -2.44. The van der Waals surface area contributed by atoms with Gasteiger partial charge in [0.1, 0.15) is 0 Å². The first kappa shape index (κ1) is 12.8. The Morgan fingerprint density at radius 2 is 2.00 bits per heavy atom. The van der Waals surface area contributed by atoms with Gasteiger partial charge in [-0.05, 0) is 31.0 Å². The van der Waals surface area contributed by atoms with Crippen LogP contribution in [-0.4, -0.2) is 50.3 Å². The van der Waals surface area contributed by atoms with Crippen LogP contribution in [0.15, 0.2) is 18.2 Å². The molecule has 0 aromatic heterocycles. The number of anilines is 2. The van der Waals surface area contributed by atoms with Gasteiger partial charge < -0.3 is 15.4 Å². The molecular formula is C15H23N3O. The summed E-state index contributed by atoms with van der Waals surface area (Å²) in [5, 5.41) is 0. The standard InChI is InChI=1S/C15H23N3O/c1-12-2-3-13(10-15(12)16)18-5-4-14(11-18)17-6-8-19-9-7-17/h2-3,10,14H,4-9,11,16H2,1H3. The molecular weight excluding hydrogens is 238 g/mol. The van der Waals surface area contributed by atoms with E-state index in [2.05, 4.69) is 34.9 Å². The fourth-order valence-corrected chi connectivity index (χ4v) is 3.04. The lowest BCUT2D eigenvalue weighted by Gasteiger charge is -2.32. The molecule has 2 aliphatic rings. The molecule has 0 spiro atoms. The van der Waals surface area contributed by atoms with E-state index in [1.165, 1.54) is 12.1 Å². The first-order valence-corrected chi connectivity index (χ1v) is 7.17. The molecule has 0 amide bonds. The molecule has 19 heavy (non-hydrogen) atoms. The maximum Gasteiger partial charge on any atom is 0.0594 e. The number of morpholine rings is 1. The third-order valence-corrected chi connectivity index (χ3v) is 4.35. The molecule has 3 rings (SSSR count). The minimum Gasteiger partial charge on any atom is -0.398 e. The molecule has 1 aromatic carbocycles. The average molecular weight is 261 g/mol. The molecule has 2 heterocycles. The highest BCUT2D eigenvalue weighted by Crippen LogP contribution is 2.26. The molecule has 1 unspecified atom stereocenters. The van der Waals surface area contributed by atoms with Crippen molar-refractivity contribution in [2.24, 2.45) is 0 Å². The lowest BCUT2D eigenvalue weighted by molar-refractivity contribution is 0.0209. The van der Waals surface area contributed by atoms with Crippen LogP contribution in [0.1, 0.15) is 12.0 Å². The molecule has 2 aliphatic heterocycles. The molecule has 2 fully saturated rings. The van der Waals surface area contributed by atoms with Crippen LogP contribution in [-0.2, 0) is 4.74 Å². The van der Waals surface area contributed by atoms with Crippen molar-refractivity contribution in [2.75, 3.05) is 50.0 Å². The molecule has 104 valence electrons. The van der Waals surface area contributed by atoms with E-state index in [1.54, 1.807) is 0 Å². The second-order valence-electron chi connectivity index (χ2n) is 5.58. The zero-order valence-corrected chi connectivity index (χ0v) is 11.6. The van der Waals surface area contributed by atoms with E-state index in [-0.39, 0.29) is 0 Å². The summed E-state index contributed by atoms with van der Waals surface area (Å²) in [6, 6.07) is 7.09. The van der Waals surface area contributed by atoms with Crippen molar-refractivity contribution in [3.63, 3.8) is 0 Å². The van der Waals surface area contributed by atoms with E-state index >= 15 is 0 Å². The summed E-state index contributed by atoms with van der Waals surface area (Å²) < 4.78 is 5.43. The minimum absolute atomic E-state index is 0.673. The summed E-state index contributed by atoms with van der Waals surface area (Å²) in [4.78, 5) is 5.02. The number of aryl methyl sites for hydroxylation is 1. The third-order valence-electron chi connectivity index (χ3n) is 4.35. The van der Waals surface area contributed by atoms with Crippen molar-refractivity contribution in [1.29, 1.82) is 0 Å². The molecule has 1 atom stereocenters. The van der Waals surface area contributed by atoms with Crippen LogP contribution in [0, 0.1) is 6.92 Å². The SMILES string of the molecule is Cc1ccc(N2CCC(N3CCOCC3)C2)cc1N. The second-order valence-corrected chi connectivity index (χ2v) is 5.58. The summed E-state index contributed by atoms with van der Waals surface area (Å²) in [6.45, 7) is 8.22. The van der Waals surface area contributed by atoms with Gasteiger partial charge in [0, 0.05) is 43.6 Å². The number of hydrogen-bond donors (Lipinski definition) is 1. The van der Waals surface area contributed by atoms with Crippen LogP contribution < -0.4 is 10.6 Å². The van der Waals surface area contributed by atoms with E-state index < -0.39 is 0 Å². The maximum absolute atomic E-state index is 6.01. The van der Waals surface area contributed by atoms with Crippen LogP contribution in [0.5, 0.6) is 0 Å². The summed E-state index contributed by atoms with van der Waals surface area (Å²) in [7, 11) is 0. The van der Waals surface area contributed by atoms with E-state index in [0.717, 1.165) is 50.6 Å². The van der Waals surface area contributed by atoms with E-state index in [9.17, 15) is 0 Å². The molecule has 2 saturated heterocycles. The van der Waals surface area contributed by atoms with Gasteiger partial charge >= 0.3 is 0 Å². The Balaban J connectivity index is 1.66. The summed E-state index contributed by atoms with van der Waals surface area (Å²) in [5.74, 6) is 0. The summed E-state index contributed by atoms with van der Waals surface area (Å²) in [5.41, 5.74) is 9.33. The number of rotatable bonds is 2. The summed E-state index contributed by atoms with van der Waals surface area (Å²) >= 11 is 0. The normalized spacial score (nSPS) is 24.9. The quantitative estimate of drug-likeness (QED) is 0.819. The molecule has 2 N–H and O–H groups in total. The smallest absolute Gasteiger partial charge is 0.0594 e. The number of hydrogen-bond acceptors (Lipinski definition) is 4. The first-order chi connectivity index (χ1) is 9.24. The zero-order chi connectivity index (χ0) is 13.2. The topological polar surface area (TPSA) is 41.7 Å². The summed E-state index contributed by atoms with van der Waals surface area (Å²) in [6.07, 6.45) is 1.24. The Hall–Kier alpha value is -1.26. The number of benzene rings is 1.